The maximum Gasteiger partial charge on any atom is 0.400 e. The monoisotopic (exact) mass is 501 g/mol. The fourth-order valence-electron chi connectivity index (χ4n) is 2.01. The second-order valence-corrected chi connectivity index (χ2v) is 8.68. The summed E-state index contributed by atoms with van der Waals surface area (Å²) in [6.07, 6.45) is -5.87. The van der Waals surface area contributed by atoms with Crippen LogP contribution in [0.5, 0.6) is 11.5 Å². The number of ether oxygens (including phenoxy) is 1. The highest BCUT2D eigenvalue weighted by atomic mass is 79.9. The number of halogens is 6. The van der Waals surface area contributed by atoms with Crippen molar-refractivity contribution in [3.05, 3.63) is 21.5 Å². The molecule has 0 aliphatic carbocycles. The van der Waals surface area contributed by atoms with Crippen LogP contribution in [0.15, 0.2) is 16.6 Å². The molecule has 6 N–H and O–H groups in total. The highest BCUT2D eigenvalue weighted by Crippen LogP contribution is 2.63. The molecule has 0 unspecified atom stereocenters. The van der Waals surface area contributed by atoms with Crippen LogP contribution >= 0.6 is 34.9 Å². The minimum Gasteiger partial charge on any atom is -0.508 e. The summed E-state index contributed by atoms with van der Waals surface area (Å²) in [5, 5.41) is 9.67. The number of alkyl halides is 5. The zero-order valence-corrected chi connectivity index (χ0v) is 16.6. The molecule has 1 aromatic heterocycles. The second kappa shape index (κ2) is 8.18. The maximum atomic E-state index is 14.0. The van der Waals surface area contributed by atoms with Gasteiger partial charge in [0.15, 0.2) is 0 Å². The SMILES string of the molecule is N.O=P(O)(O)C(F)(F)c1sc2c(OCCCC(F)(F)F)cc(O)cc2c1Br. The number of phenolic OH excluding ortho intramolecular Hbond substituents is 1. The number of phenols is 1. The maximum absolute atomic E-state index is 14.0. The van der Waals surface area contributed by atoms with Crippen molar-refractivity contribution >= 4 is 44.9 Å². The van der Waals surface area contributed by atoms with Crippen molar-refractivity contribution in [2.24, 2.45) is 0 Å². The van der Waals surface area contributed by atoms with Gasteiger partial charge in [-0.3, -0.25) is 4.57 Å². The minimum atomic E-state index is -5.83. The molecule has 1 aromatic carbocycles. The summed E-state index contributed by atoms with van der Waals surface area (Å²) in [6, 6.07) is 2.09. The lowest BCUT2D eigenvalue weighted by molar-refractivity contribution is -0.136. The number of hydrogen-bond donors (Lipinski definition) is 4. The molecule has 0 aliphatic heterocycles. The Morgan fingerprint density at radius 2 is 1.78 bits per heavy atom. The molecule has 1 heterocycles. The van der Waals surface area contributed by atoms with E-state index in [2.05, 4.69) is 15.9 Å². The van der Waals surface area contributed by atoms with E-state index in [0.717, 1.165) is 12.1 Å². The topological polar surface area (TPSA) is 122 Å². The molecule has 0 spiro atoms. The number of benzene rings is 1. The summed E-state index contributed by atoms with van der Waals surface area (Å²) >= 11 is 3.14. The van der Waals surface area contributed by atoms with Gasteiger partial charge < -0.3 is 25.8 Å². The van der Waals surface area contributed by atoms with E-state index in [4.69, 9.17) is 14.5 Å². The molecule has 2 aromatic rings. The Hall–Kier alpha value is -0.980. The molecule has 2 rings (SSSR count). The van der Waals surface area contributed by atoms with E-state index < -0.39 is 49.5 Å². The summed E-state index contributed by atoms with van der Waals surface area (Å²) in [5.74, 6) is -0.575. The molecule has 0 saturated heterocycles. The van der Waals surface area contributed by atoms with E-state index in [-0.39, 0.29) is 26.5 Å². The van der Waals surface area contributed by atoms with Gasteiger partial charge in [-0.1, -0.05) is 0 Å². The predicted octanol–water partition coefficient (Wildman–Crippen LogP) is 5.48. The molecule has 27 heavy (non-hydrogen) atoms. The van der Waals surface area contributed by atoms with Crippen LogP contribution in [0.2, 0.25) is 0 Å². The Morgan fingerprint density at radius 3 is 2.30 bits per heavy atom. The van der Waals surface area contributed by atoms with Gasteiger partial charge >= 0.3 is 19.4 Å². The van der Waals surface area contributed by atoms with Gasteiger partial charge in [0, 0.05) is 22.3 Å². The summed E-state index contributed by atoms with van der Waals surface area (Å²) < 4.78 is 80.4. The van der Waals surface area contributed by atoms with Crippen molar-refractivity contribution in [2.75, 3.05) is 6.61 Å². The zero-order chi connectivity index (χ0) is 19.9. The minimum absolute atomic E-state index is 0. The number of fused-ring (bicyclic) bond motifs is 1. The average molecular weight is 502 g/mol. The van der Waals surface area contributed by atoms with Crippen molar-refractivity contribution in [2.45, 2.75) is 24.7 Å². The summed E-state index contributed by atoms with van der Waals surface area (Å²) in [7, 11) is -5.83. The number of thiophene rings is 1. The van der Waals surface area contributed by atoms with Crippen molar-refractivity contribution in [3.63, 3.8) is 0 Å². The first-order valence-corrected chi connectivity index (χ1v) is 10.0. The highest BCUT2D eigenvalue weighted by Gasteiger charge is 2.53. The van der Waals surface area contributed by atoms with Crippen LogP contribution in [0.25, 0.3) is 10.1 Å². The molecule has 0 saturated carbocycles. The van der Waals surface area contributed by atoms with Gasteiger partial charge in [0.25, 0.3) is 0 Å². The van der Waals surface area contributed by atoms with E-state index in [1.54, 1.807) is 0 Å². The molecule has 0 aliphatic rings. The first-order chi connectivity index (χ1) is 11.7. The predicted molar refractivity (Wildman–Crippen MR) is 92.9 cm³/mol. The van der Waals surface area contributed by atoms with E-state index >= 15 is 0 Å². The standard InChI is InChI=1S/C13H11BrF5O5PS.H3N/c14-9-7-4-6(20)5-8(24-3-1-2-12(15,16)17)10(7)26-11(9)13(18,19)25(21,22)23;/h4-5,20H,1-3H2,(H2,21,22,23);1H3. The van der Waals surface area contributed by atoms with Crippen molar-refractivity contribution in [1.82, 2.24) is 6.15 Å². The normalized spacial score (nSPS) is 12.9. The molecule has 0 bridgehead atoms. The summed E-state index contributed by atoms with van der Waals surface area (Å²) in [4.78, 5) is 16.8. The van der Waals surface area contributed by atoms with Crippen LogP contribution in [0, 0.1) is 0 Å². The van der Waals surface area contributed by atoms with E-state index in [0.29, 0.717) is 11.3 Å². The van der Waals surface area contributed by atoms with Crippen molar-refractivity contribution in [1.29, 1.82) is 0 Å². The first kappa shape index (κ1) is 24.1. The van der Waals surface area contributed by atoms with Gasteiger partial charge in [-0.15, -0.1) is 11.3 Å². The highest BCUT2D eigenvalue weighted by molar-refractivity contribution is 9.10. The Morgan fingerprint density at radius 1 is 1.19 bits per heavy atom. The number of rotatable bonds is 6. The van der Waals surface area contributed by atoms with Gasteiger partial charge in [0.2, 0.25) is 0 Å². The summed E-state index contributed by atoms with van der Waals surface area (Å²) in [6.45, 7) is -0.391. The van der Waals surface area contributed by atoms with Gasteiger partial charge in [-0.25, -0.2) is 0 Å². The Labute approximate surface area is 161 Å². The molecule has 14 heteroatoms. The third kappa shape index (κ3) is 5.30. The molecular formula is C13H14BrF5NO5PS. The van der Waals surface area contributed by atoms with Crippen molar-refractivity contribution < 1.29 is 46.1 Å². The van der Waals surface area contributed by atoms with E-state index in [1.165, 1.54) is 0 Å². The van der Waals surface area contributed by atoms with Gasteiger partial charge in [-0.05, 0) is 28.4 Å². The third-order valence-electron chi connectivity index (χ3n) is 3.18. The molecule has 0 fully saturated rings. The lowest BCUT2D eigenvalue weighted by Crippen LogP contribution is -2.12. The number of aromatic hydroxyl groups is 1. The first-order valence-electron chi connectivity index (χ1n) is 6.82. The van der Waals surface area contributed by atoms with Crippen LogP contribution in [0.1, 0.15) is 17.7 Å². The fraction of sp³-hybridized carbons (Fsp3) is 0.385. The van der Waals surface area contributed by atoms with E-state index in [1.807, 2.05) is 0 Å². The molecular weight excluding hydrogens is 488 g/mol. The molecule has 6 nitrogen and oxygen atoms in total. The largest absolute Gasteiger partial charge is 0.508 e. The smallest absolute Gasteiger partial charge is 0.400 e. The van der Waals surface area contributed by atoms with E-state index in [9.17, 15) is 31.6 Å². The molecule has 0 atom stereocenters. The molecule has 0 amide bonds. The Kier molecular flexibility index (Phi) is 7.28. The van der Waals surface area contributed by atoms with Gasteiger partial charge in [0.05, 0.1) is 11.3 Å². The Bertz CT molecular complexity index is 869. The lowest BCUT2D eigenvalue weighted by atomic mass is 10.2. The molecule has 0 radical (unpaired) electrons. The van der Waals surface area contributed by atoms with Crippen LogP contribution in [-0.4, -0.2) is 27.7 Å². The lowest BCUT2D eigenvalue weighted by Gasteiger charge is -2.16. The van der Waals surface area contributed by atoms with Crippen LogP contribution in [0.4, 0.5) is 22.0 Å². The second-order valence-electron chi connectivity index (χ2n) is 5.22. The van der Waals surface area contributed by atoms with Crippen LogP contribution < -0.4 is 10.9 Å². The zero-order valence-electron chi connectivity index (χ0n) is 13.3. The quantitative estimate of drug-likeness (QED) is 0.236. The number of hydrogen-bond acceptors (Lipinski definition) is 5. The van der Waals surface area contributed by atoms with Gasteiger partial charge in [0.1, 0.15) is 16.4 Å². The van der Waals surface area contributed by atoms with Crippen LogP contribution in [-0.2, 0) is 10.2 Å². The summed E-state index contributed by atoms with van der Waals surface area (Å²) in [5.41, 5.74) is -4.49. The average Bonchev–Trinajstić information content (AvgIpc) is 2.79. The Balaban J connectivity index is 0.00000364. The third-order valence-corrected chi connectivity index (χ3v) is 6.66. The fourth-order valence-corrected chi connectivity index (χ4v) is 4.99. The van der Waals surface area contributed by atoms with Crippen LogP contribution in [0.3, 0.4) is 0 Å². The molecule has 154 valence electrons. The van der Waals surface area contributed by atoms with Gasteiger partial charge in [-0.2, -0.15) is 22.0 Å². The van der Waals surface area contributed by atoms with Crippen molar-refractivity contribution in [3.8, 4) is 11.5 Å².